The molecule has 0 bridgehead atoms. The molecule has 0 radical (unpaired) electrons. The van der Waals surface area contributed by atoms with Crippen LogP contribution in [0.3, 0.4) is 0 Å². The highest BCUT2D eigenvalue weighted by Crippen LogP contribution is 2.25. The number of pyridine rings is 1. The number of nitrogens with two attached hydrogens (primary N) is 1. The molecule has 0 aliphatic carbocycles. The molecule has 0 saturated carbocycles. The Morgan fingerprint density at radius 2 is 2.11 bits per heavy atom. The molecule has 18 heavy (non-hydrogen) atoms. The molecule has 2 rings (SSSR count). The van der Waals surface area contributed by atoms with Crippen LogP contribution in [0.4, 0.5) is 5.82 Å². The number of anilines is 1. The van der Waals surface area contributed by atoms with Crippen LogP contribution in [-0.2, 0) is 4.74 Å². The van der Waals surface area contributed by atoms with Gasteiger partial charge in [-0.2, -0.15) is 0 Å². The number of nitrogens with zero attached hydrogens (tertiary/aromatic N) is 1. The molecule has 96 valence electrons. The molecule has 4 nitrogen and oxygen atoms in total. The van der Waals surface area contributed by atoms with E-state index in [0.717, 1.165) is 16.7 Å². The van der Waals surface area contributed by atoms with Gasteiger partial charge in [-0.05, 0) is 32.0 Å². The fourth-order valence-electron chi connectivity index (χ4n) is 1.76. The lowest BCUT2D eigenvalue weighted by Crippen LogP contribution is -2.19. The number of fused-ring (bicyclic) bond motifs is 1. The van der Waals surface area contributed by atoms with Crippen LogP contribution in [0.1, 0.15) is 13.8 Å². The maximum absolute atomic E-state index is 5.84. The van der Waals surface area contributed by atoms with Gasteiger partial charge in [-0.15, -0.1) is 0 Å². The molecule has 4 heteroatoms. The van der Waals surface area contributed by atoms with Crippen LogP contribution >= 0.6 is 0 Å². The molecule has 0 aliphatic rings. The molecule has 0 saturated heterocycles. The van der Waals surface area contributed by atoms with E-state index in [9.17, 15) is 0 Å². The maximum atomic E-state index is 5.84. The first-order chi connectivity index (χ1) is 8.70. The van der Waals surface area contributed by atoms with Crippen molar-refractivity contribution in [3.8, 4) is 5.75 Å². The van der Waals surface area contributed by atoms with Crippen LogP contribution in [0, 0.1) is 0 Å². The van der Waals surface area contributed by atoms with Gasteiger partial charge < -0.3 is 15.2 Å². The Kier molecular flexibility index (Phi) is 3.99. The van der Waals surface area contributed by atoms with Crippen molar-refractivity contribution in [2.75, 3.05) is 18.9 Å². The van der Waals surface area contributed by atoms with Crippen molar-refractivity contribution in [3.05, 3.63) is 30.3 Å². The van der Waals surface area contributed by atoms with Crippen LogP contribution in [0.25, 0.3) is 10.9 Å². The third-order valence-electron chi connectivity index (χ3n) is 2.59. The Morgan fingerprint density at radius 3 is 2.89 bits per heavy atom. The maximum Gasteiger partial charge on any atom is 0.146 e. The lowest BCUT2D eigenvalue weighted by atomic mass is 10.2. The summed E-state index contributed by atoms with van der Waals surface area (Å²) in [4.78, 5) is 4.32. The Hall–Kier alpha value is -1.81. The highest BCUT2D eigenvalue weighted by Gasteiger charge is 2.08. The third-order valence-corrected chi connectivity index (χ3v) is 2.59. The predicted molar refractivity (Wildman–Crippen MR) is 72.7 cm³/mol. The molecule has 0 aliphatic heterocycles. The van der Waals surface area contributed by atoms with E-state index in [0.29, 0.717) is 19.0 Å². The van der Waals surface area contributed by atoms with Crippen LogP contribution in [0.15, 0.2) is 30.3 Å². The van der Waals surface area contributed by atoms with Crippen molar-refractivity contribution < 1.29 is 9.47 Å². The molecule has 0 fully saturated rings. The minimum atomic E-state index is -0.0150. The minimum Gasteiger partial charge on any atom is -0.486 e. The van der Waals surface area contributed by atoms with Gasteiger partial charge in [0.15, 0.2) is 0 Å². The second kappa shape index (κ2) is 5.69. The average molecular weight is 246 g/mol. The van der Waals surface area contributed by atoms with E-state index in [1.807, 2.05) is 38.1 Å². The second-order valence-corrected chi connectivity index (χ2v) is 4.15. The number of aromatic nitrogens is 1. The molecular weight excluding hydrogens is 228 g/mol. The van der Waals surface area contributed by atoms with E-state index in [1.54, 1.807) is 6.07 Å². The largest absolute Gasteiger partial charge is 0.486 e. The van der Waals surface area contributed by atoms with Crippen molar-refractivity contribution in [1.29, 1.82) is 0 Å². The Balaban J connectivity index is 2.24. The van der Waals surface area contributed by atoms with Crippen molar-refractivity contribution in [3.63, 3.8) is 0 Å². The molecule has 0 spiro atoms. The van der Waals surface area contributed by atoms with E-state index in [1.165, 1.54) is 0 Å². The molecule has 0 amide bonds. The predicted octanol–water partition coefficient (Wildman–Crippen LogP) is 2.62. The van der Waals surface area contributed by atoms with E-state index in [2.05, 4.69) is 4.98 Å². The highest BCUT2D eigenvalue weighted by atomic mass is 16.5. The number of para-hydroxylation sites is 1. The first kappa shape index (κ1) is 12.6. The van der Waals surface area contributed by atoms with Gasteiger partial charge in [0.2, 0.25) is 0 Å². The number of benzene rings is 1. The van der Waals surface area contributed by atoms with Crippen LogP contribution in [0.5, 0.6) is 5.75 Å². The third kappa shape index (κ3) is 2.90. The Bertz CT molecular complexity index is 528. The minimum absolute atomic E-state index is 0.0150. The summed E-state index contributed by atoms with van der Waals surface area (Å²) in [5, 5.41) is 1.02. The summed E-state index contributed by atoms with van der Waals surface area (Å²) >= 11 is 0. The highest BCUT2D eigenvalue weighted by molar-refractivity contribution is 5.85. The molecule has 2 aromatic rings. The van der Waals surface area contributed by atoms with Gasteiger partial charge in [-0.25, -0.2) is 4.98 Å². The van der Waals surface area contributed by atoms with Gasteiger partial charge in [0, 0.05) is 12.0 Å². The average Bonchev–Trinajstić information content (AvgIpc) is 2.37. The van der Waals surface area contributed by atoms with E-state index in [4.69, 9.17) is 15.2 Å². The first-order valence-corrected chi connectivity index (χ1v) is 6.10. The van der Waals surface area contributed by atoms with Crippen molar-refractivity contribution in [1.82, 2.24) is 4.98 Å². The van der Waals surface area contributed by atoms with Gasteiger partial charge in [-0.3, -0.25) is 0 Å². The quantitative estimate of drug-likeness (QED) is 0.881. The number of hydrogen-bond acceptors (Lipinski definition) is 4. The fraction of sp³-hybridized carbons (Fsp3) is 0.357. The summed E-state index contributed by atoms with van der Waals surface area (Å²) < 4.78 is 11.2. The summed E-state index contributed by atoms with van der Waals surface area (Å²) in [6.07, 6.45) is -0.0150. The molecular formula is C14H18N2O2. The Morgan fingerprint density at radius 1 is 1.28 bits per heavy atom. The zero-order chi connectivity index (χ0) is 13.0. The molecule has 1 atom stereocenters. The van der Waals surface area contributed by atoms with Gasteiger partial charge in [0.25, 0.3) is 0 Å². The van der Waals surface area contributed by atoms with Crippen LogP contribution in [-0.4, -0.2) is 24.3 Å². The van der Waals surface area contributed by atoms with Crippen molar-refractivity contribution in [2.45, 2.75) is 20.0 Å². The zero-order valence-corrected chi connectivity index (χ0v) is 10.7. The molecule has 2 N–H and O–H groups in total. The van der Waals surface area contributed by atoms with Gasteiger partial charge in [0.1, 0.15) is 23.2 Å². The molecule has 1 heterocycles. The smallest absolute Gasteiger partial charge is 0.146 e. The van der Waals surface area contributed by atoms with Crippen LogP contribution in [0.2, 0.25) is 0 Å². The second-order valence-electron chi connectivity index (χ2n) is 4.15. The topological polar surface area (TPSA) is 57.4 Å². The number of hydrogen-bond donors (Lipinski definition) is 1. The van der Waals surface area contributed by atoms with Gasteiger partial charge in [-0.1, -0.05) is 12.1 Å². The van der Waals surface area contributed by atoms with Crippen LogP contribution < -0.4 is 10.5 Å². The van der Waals surface area contributed by atoms with Gasteiger partial charge >= 0.3 is 0 Å². The summed E-state index contributed by atoms with van der Waals surface area (Å²) in [5.74, 6) is 1.24. The molecule has 1 unspecified atom stereocenters. The molecule has 1 aromatic heterocycles. The fourth-order valence-corrected chi connectivity index (χ4v) is 1.76. The summed E-state index contributed by atoms with van der Waals surface area (Å²) in [6.45, 7) is 5.19. The van der Waals surface area contributed by atoms with Crippen molar-refractivity contribution in [2.24, 2.45) is 0 Å². The summed E-state index contributed by atoms with van der Waals surface area (Å²) in [6, 6.07) is 9.56. The SMILES string of the molecule is CCOCC(C)Oc1cccc2ccc(N)nc12. The van der Waals surface area contributed by atoms with E-state index in [-0.39, 0.29) is 6.10 Å². The summed E-state index contributed by atoms with van der Waals surface area (Å²) in [5.41, 5.74) is 6.50. The Labute approximate surface area is 107 Å². The van der Waals surface area contributed by atoms with Gasteiger partial charge in [0.05, 0.1) is 6.61 Å². The lowest BCUT2D eigenvalue weighted by Gasteiger charge is -2.15. The summed E-state index contributed by atoms with van der Waals surface area (Å²) in [7, 11) is 0. The van der Waals surface area contributed by atoms with Crippen molar-refractivity contribution >= 4 is 16.7 Å². The zero-order valence-electron chi connectivity index (χ0n) is 10.7. The van der Waals surface area contributed by atoms with E-state index >= 15 is 0 Å². The number of nitrogen functional groups attached to an aromatic ring is 1. The monoisotopic (exact) mass is 246 g/mol. The first-order valence-electron chi connectivity index (χ1n) is 6.10. The molecule has 1 aromatic carbocycles. The number of rotatable bonds is 5. The number of ether oxygens (including phenoxy) is 2. The normalized spacial score (nSPS) is 12.6. The standard InChI is InChI=1S/C14H18N2O2/c1-3-17-9-10(2)18-12-6-4-5-11-7-8-13(15)16-14(11)12/h4-8,10H,3,9H2,1-2H3,(H2,15,16). The van der Waals surface area contributed by atoms with E-state index < -0.39 is 0 Å². The lowest BCUT2D eigenvalue weighted by molar-refractivity contribution is 0.0664.